The van der Waals surface area contributed by atoms with Crippen molar-refractivity contribution < 1.29 is 49.6 Å². The number of nitrogens with two attached hydrogens (primary N) is 1. The molecule has 14 heteroatoms. The van der Waals surface area contributed by atoms with E-state index in [2.05, 4.69) is 4.74 Å². The molecule has 6 nitrogen and oxygen atoms in total. The van der Waals surface area contributed by atoms with Gasteiger partial charge in [-0.3, -0.25) is 14.9 Å². The van der Waals surface area contributed by atoms with Gasteiger partial charge in [0.25, 0.3) is 0 Å². The first-order chi connectivity index (χ1) is 11.6. The number of nitro benzene ring substituents is 1. The smallest absolute Gasteiger partial charge is 0.381 e. The van der Waals surface area contributed by atoms with Crippen molar-refractivity contribution in [3.8, 4) is 5.75 Å². The number of carbonyl (C=O) groups excluding carboxylic acids is 1. The molecule has 0 atom stereocenters. The Morgan fingerprint density at radius 3 is 2.15 bits per heavy atom. The molecular formula is C12H8F8N2O4. The summed E-state index contributed by atoms with van der Waals surface area (Å²) < 4.78 is 106. The van der Waals surface area contributed by atoms with E-state index in [-0.39, 0.29) is 0 Å². The molecule has 2 N–H and O–H groups in total. The molecule has 26 heavy (non-hydrogen) atoms. The first-order valence-electron chi connectivity index (χ1n) is 6.27. The van der Waals surface area contributed by atoms with Gasteiger partial charge < -0.3 is 10.5 Å². The highest BCUT2D eigenvalue weighted by Crippen LogP contribution is 2.48. The van der Waals surface area contributed by atoms with E-state index in [1.54, 1.807) is 0 Å². The molecule has 0 aliphatic carbocycles. The lowest BCUT2D eigenvalue weighted by atomic mass is 10.1. The zero-order valence-corrected chi connectivity index (χ0v) is 12.2. The van der Waals surface area contributed by atoms with Crippen molar-refractivity contribution in [1.82, 2.24) is 0 Å². The van der Waals surface area contributed by atoms with E-state index < -0.39 is 58.6 Å². The molecule has 0 unspecified atom stereocenters. The Morgan fingerprint density at radius 1 is 1.19 bits per heavy atom. The third-order valence-corrected chi connectivity index (χ3v) is 3.00. The van der Waals surface area contributed by atoms with Gasteiger partial charge in [0.05, 0.1) is 4.92 Å². The van der Waals surface area contributed by atoms with Gasteiger partial charge in [-0.1, -0.05) is 0 Å². The second-order valence-corrected chi connectivity index (χ2v) is 4.80. The van der Waals surface area contributed by atoms with Crippen LogP contribution in [0.2, 0.25) is 0 Å². The van der Waals surface area contributed by atoms with Gasteiger partial charge in [-0.2, -0.15) is 26.3 Å². The zero-order valence-electron chi connectivity index (χ0n) is 12.2. The van der Waals surface area contributed by atoms with E-state index in [9.17, 15) is 50.0 Å². The summed E-state index contributed by atoms with van der Waals surface area (Å²) in [6, 6.07) is 1.73. The van der Waals surface area contributed by atoms with Crippen molar-refractivity contribution in [1.29, 1.82) is 0 Å². The van der Waals surface area contributed by atoms with Gasteiger partial charge >= 0.3 is 29.9 Å². The summed E-state index contributed by atoms with van der Waals surface area (Å²) in [6.07, 6.45) is -5.10. The molecule has 0 saturated heterocycles. The zero-order chi connectivity index (χ0) is 20.5. The lowest BCUT2D eigenvalue weighted by Gasteiger charge is -2.31. The number of amides is 1. The Labute approximate surface area is 138 Å². The highest BCUT2D eigenvalue weighted by Gasteiger charge is 2.75. The van der Waals surface area contributed by atoms with Gasteiger partial charge in [0.1, 0.15) is 0 Å². The highest BCUT2D eigenvalue weighted by molar-refractivity contribution is 5.93. The number of hydrogen-bond acceptors (Lipinski definition) is 4. The fraction of sp³-hybridized carbons (Fsp3) is 0.417. The van der Waals surface area contributed by atoms with Crippen LogP contribution in [0.1, 0.15) is 10.4 Å². The standard InChI is InChI=1S/C12H8F8N2O4/c13-9(14)11(17,18)12(19,20)10(15,16)4-26-7-2-1-5(8(21)23)3-6(7)22(24)25/h1-3,9H,4H2,(H2,21,23). The van der Waals surface area contributed by atoms with Crippen LogP contribution in [0.3, 0.4) is 0 Å². The van der Waals surface area contributed by atoms with Crippen molar-refractivity contribution in [2.75, 3.05) is 6.61 Å². The minimum Gasteiger partial charge on any atom is -0.480 e. The van der Waals surface area contributed by atoms with E-state index in [1.807, 2.05) is 0 Å². The lowest BCUT2D eigenvalue weighted by molar-refractivity contribution is -0.386. The molecule has 0 aromatic heterocycles. The van der Waals surface area contributed by atoms with E-state index in [0.717, 1.165) is 6.07 Å². The lowest BCUT2D eigenvalue weighted by Crippen LogP contribution is -2.59. The quantitative estimate of drug-likeness (QED) is 0.415. The third kappa shape index (κ3) is 3.77. The van der Waals surface area contributed by atoms with Crippen molar-refractivity contribution >= 4 is 11.6 Å². The molecule has 1 aromatic rings. The van der Waals surface area contributed by atoms with Crippen LogP contribution in [0.4, 0.5) is 40.8 Å². The van der Waals surface area contributed by atoms with Crippen molar-refractivity contribution in [2.45, 2.75) is 24.2 Å². The number of nitro groups is 1. The molecule has 0 fully saturated rings. The summed E-state index contributed by atoms with van der Waals surface area (Å²) in [5.41, 5.74) is 3.20. The van der Waals surface area contributed by atoms with Gasteiger partial charge in [-0.25, -0.2) is 8.78 Å². The highest BCUT2D eigenvalue weighted by atomic mass is 19.4. The number of hydrogen-bond donors (Lipinski definition) is 1. The minimum absolute atomic E-state index is 0.460. The van der Waals surface area contributed by atoms with Gasteiger partial charge in [0, 0.05) is 11.6 Å². The molecule has 0 saturated carbocycles. The summed E-state index contributed by atoms with van der Waals surface area (Å²) in [4.78, 5) is 20.4. The number of halogens is 8. The van der Waals surface area contributed by atoms with Crippen LogP contribution in [0.15, 0.2) is 18.2 Å². The van der Waals surface area contributed by atoms with Crippen LogP contribution < -0.4 is 10.5 Å². The van der Waals surface area contributed by atoms with Crippen molar-refractivity contribution in [3.05, 3.63) is 33.9 Å². The normalized spacial score (nSPS) is 13.0. The van der Waals surface area contributed by atoms with Gasteiger partial charge in [-0.15, -0.1) is 0 Å². The summed E-state index contributed by atoms with van der Waals surface area (Å²) in [6.45, 7) is -2.58. The average Bonchev–Trinajstić information content (AvgIpc) is 2.51. The first-order valence-corrected chi connectivity index (χ1v) is 6.27. The van der Waals surface area contributed by atoms with Crippen LogP contribution in [0.25, 0.3) is 0 Å². The molecule has 0 radical (unpaired) electrons. The Balaban J connectivity index is 3.14. The molecule has 1 aromatic carbocycles. The molecule has 1 rings (SSSR count). The van der Waals surface area contributed by atoms with Crippen LogP contribution in [-0.2, 0) is 0 Å². The summed E-state index contributed by atoms with van der Waals surface area (Å²) in [5, 5.41) is 10.8. The molecule has 0 spiro atoms. The molecule has 0 aliphatic rings. The number of ether oxygens (including phenoxy) is 1. The Morgan fingerprint density at radius 2 is 1.73 bits per heavy atom. The van der Waals surface area contributed by atoms with Gasteiger partial charge in [-0.05, 0) is 12.1 Å². The SMILES string of the molecule is NC(=O)c1ccc(OCC(F)(F)C(F)(F)C(F)(F)C(F)F)c([N+](=O)[O-])c1. The van der Waals surface area contributed by atoms with Gasteiger partial charge in [0.15, 0.2) is 12.4 Å². The molecular weight excluding hydrogens is 388 g/mol. The van der Waals surface area contributed by atoms with E-state index in [1.165, 1.54) is 0 Å². The van der Waals surface area contributed by atoms with Crippen LogP contribution in [0.5, 0.6) is 5.75 Å². The Kier molecular flexibility index (Phi) is 5.68. The molecule has 0 bridgehead atoms. The fourth-order valence-electron chi connectivity index (χ4n) is 1.58. The first kappa shape index (κ1) is 21.4. The van der Waals surface area contributed by atoms with E-state index >= 15 is 0 Å². The summed E-state index contributed by atoms with van der Waals surface area (Å²) in [7, 11) is 0. The molecule has 1 amide bonds. The van der Waals surface area contributed by atoms with E-state index in [0.29, 0.717) is 12.1 Å². The number of benzene rings is 1. The van der Waals surface area contributed by atoms with Gasteiger partial charge in [0.2, 0.25) is 5.91 Å². The number of carbonyl (C=O) groups is 1. The van der Waals surface area contributed by atoms with Crippen LogP contribution >= 0.6 is 0 Å². The minimum atomic E-state index is -6.52. The van der Waals surface area contributed by atoms with Crippen molar-refractivity contribution in [2.24, 2.45) is 5.73 Å². The number of alkyl halides is 8. The maximum Gasteiger partial charge on any atom is 0.381 e. The molecule has 146 valence electrons. The molecule has 0 aliphatic heterocycles. The third-order valence-electron chi connectivity index (χ3n) is 3.00. The monoisotopic (exact) mass is 396 g/mol. The summed E-state index contributed by atoms with van der Waals surface area (Å²) >= 11 is 0. The van der Waals surface area contributed by atoms with Crippen LogP contribution in [-0.4, -0.2) is 41.6 Å². The topological polar surface area (TPSA) is 95.5 Å². The Hall–Kier alpha value is -2.67. The number of primary amides is 1. The van der Waals surface area contributed by atoms with E-state index in [4.69, 9.17) is 5.73 Å². The molecule has 0 heterocycles. The largest absolute Gasteiger partial charge is 0.480 e. The fourth-order valence-corrected chi connectivity index (χ4v) is 1.58. The second kappa shape index (κ2) is 6.92. The second-order valence-electron chi connectivity index (χ2n) is 4.80. The van der Waals surface area contributed by atoms with Crippen LogP contribution in [0, 0.1) is 10.1 Å². The number of rotatable bonds is 8. The predicted molar refractivity (Wildman–Crippen MR) is 68.0 cm³/mol. The predicted octanol–water partition coefficient (Wildman–Crippen LogP) is 3.24. The Bertz CT molecular complexity index is 710. The maximum absolute atomic E-state index is 13.4. The van der Waals surface area contributed by atoms with Crippen molar-refractivity contribution in [3.63, 3.8) is 0 Å². The summed E-state index contributed by atoms with van der Waals surface area (Å²) in [5.74, 6) is -21.0. The maximum atomic E-state index is 13.4. The average molecular weight is 396 g/mol. The number of nitrogens with zero attached hydrogens (tertiary/aromatic N) is 1.